The van der Waals surface area contributed by atoms with Crippen LogP contribution in [0.25, 0.3) is 22.0 Å². The number of hydrogen-bond acceptors (Lipinski definition) is 4. The molecule has 1 aliphatic heterocycles. The quantitative estimate of drug-likeness (QED) is 0.757. The molecule has 1 saturated heterocycles. The van der Waals surface area contributed by atoms with Crippen LogP contribution < -0.4 is 11.3 Å². The van der Waals surface area contributed by atoms with Gasteiger partial charge in [-0.2, -0.15) is 0 Å². The maximum Gasteiger partial charge on any atom is 0.257 e. The molecule has 0 radical (unpaired) electrons. The largest absolute Gasteiger partial charge is 0.381 e. The van der Waals surface area contributed by atoms with Crippen molar-refractivity contribution in [3.63, 3.8) is 0 Å². The number of amides is 1. The third-order valence-electron chi connectivity index (χ3n) is 4.92. The minimum absolute atomic E-state index is 0.224. The lowest BCUT2D eigenvalue weighted by Gasteiger charge is -2.29. The number of ether oxygens (including phenoxy) is 1. The van der Waals surface area contributed by atoms with Gasteiger partial charge in [0.25, 0.3) is 5.56 Å². The zero-order valence-corrected chi connectivity index (χ0v) is 14.1. The summed E-state index contributed by atoms with van der Waals surface area (Å²) in [5.74, 6) is -1.12. The van der Waals surface area contributed by atoms with Crippen molar-refractivity contribution in [2.75, 3.05) is 13.2 Å². The molecular formula is C20H19N3O3. The highest BCUT2D eigenvalue weighted by atomic mass is 16.5. The van der Waals surface area contributed by atoms with E-state index in [0.29, 0.717) is 30.7 Å². The van der Waals surface area contributed by atoms with Crippen LogP contribution in [-0.2, 0) is 9.53 Å². The molecule has 2 unspecified atom stereocenters. The number of nitrogens with zero attached hydrogens (tertiary/aromatic N) is 1. The van der Waals surface area contributed by atoms with E-state index in [0.717, 1.165) is 16.6 Å². The van der Waals surface area contributed by atoms with Crippen molar-refractivity contribution in [1.82, 2.24) is 9.97 Å². The van der Waals surface area contributed by atoms with Gasteiger partial charge in [0.15, 0.2) is 0 Å². The fourth-order valence-electron chi connectivity index (χ4n) is 3.62. The molecule has 26 heavy (non-hydrogen) atoms. The second kappa shape index (κ2) is 6.72. The van der Waals surface area contributed by atoms with Gasteiger partial charge in [-0.1, -0.05) is 30.3 Å². The molecule has 6 nitrogen and oxygen atoms in total. The summed E-state index contributed by atoms with van der Waals surface area (Å²) in [7, 11) is 0. The first-order chi connectivity index (χ1) is 12.6. The van der Waals surface area contributed by atoms with Crippen molar-refractivity contribution in [3.05, 3.63) is 64.7 Å². The summed E-state index contributed by atoms with van der Waals surface area (Å²) >= 11 is 0. The van der Waals surface area contributed by atoms with Gasteiger partial charge in [0.05, 0.1) is 29.3 Å². The van der Waals surface area contributed by atoms with Crippen molar-refractivity contribution in [3.8, 4) is 11.3 Å². The van der Waals surface area contributed by atoms with Crippen LogP contribution in [-0.4, -0.2) is 29.1 Å². The van der Waals surface area contributed by atoms with Gasteiger partial charge in [0.2, 0.25) is 5.91 Å². The number of primary amides is 1. The van der Waals surface area contributed by atoms with E-state index in [1.807, 2.05) is 42.5 Å². The van der Waals surface area contributed by atoms with E-state index in [1.54, 1.807) is 6.20 Å². The number of aromatic nitrogens is 2. The topological polar surface area (TPSA) is 98.1 Å². The Morgan fingerprint density at radius 2 is 2.04 bits per heavy atom. The van der Waals surface area contributed by atoms with E-state index in [9.17, 15) is 9.59 Å². The zero-order chi connectivity index (χ0) is 18.1. The third kappa shape index (κ3) is 2.88. The number of carbonyl (C=O) groups excluding carboxylic acids is 1. The Bertz CT molecular complexity index is 1010. The smallest absolute Gasteiger partial charge is 0.257 e. The zero-order valence-electron chi connectivity index (χ0n) is 14.1. The van der Waals surface area contributed by atoms with E-state index in [2.05, 4.69) is 4.98 Å². The van der Waals surface area contributed by atoms with E-state index in [-0.39, 0.29) is 17.4 Å². The first kappa shape index (κ1) is 16.5. The Morgan fingerprint density at radius 1 is 1.23 bits per heavy atom. The number of nitrogens with two attached hydrogens (primary N) is 1. The minimum Gasteiger partial charge on any atom is -0.381 e. The van der Waals surface area contributed by atoms with Crippen molar-refractivity contribution >= 4 is 16.7 Å². The number of rotatable bonds is 3. The van der Waals surface area contributed by atoms with Gasteiger partial charge in [-0.05, 0) is 23.9 Å². The molecular weight excluding hydrogens is 330 g/mol. The molecule has 0 aliphatic carbocycles. The summed E-state index contributed by atoms with van der Waals surface area (Å²) in [5.41, 5.74) is 7.67. The Labute approximate surface area is 150 Å². The first-order valence-electron chi connectivity index (χ1n) is 8.60. The SMILES string of the molecule is NC(=O)C1CCOCC1c1nc(-c2ccccc2)cc2cc[nH]c(=O)c12. The molecule has 1 amide bonds. The number of hydrogen-bond donors (Lipinski definition) is 2. The summed E-state index contributed by atoms with van der Waals surface area (Å²) in [6, 6.07) is 13.5. The maximum atomic E-state index is 12.5. The highest BCUT2D eigenvalue weighted by molar-refractivity contribution is 5.88. The van der Waals surface area contributed by atoms with E-state index in [4.69, 9.17) is 15.5 Å². The fraction of sp³-hybridized carbons (Fsp3) is 0.250. The highest BCUT2D eigenvalue weighted by Gasteiger charge is 2.34. The molecule has 4 rings (SSSR count). The van der Waals surface area contributed by atoms with Gasteiger partial charge in [-0.15, -0.1) is 0 Å². The molecule has 1 aromatic carbocycles. The predicted molar refractivity (Wildman–Crippen MR) is 98.7 cm³/mol. The third-order valence-corrected chi connectivity index (χ3v) is 4.92. The van der Waals surface area contributed by atoms with Crippen molar-refractivity contribution in [2.45, 2.75) is 12.3 Å². The van der Waals surface area contributed by atoms with Gasteiger partial charge in [-0.3, -0.25) is 14.6 Å². The summed E-state index contributed by atoms with van der Waals surface area (Å²) in [4.78, 5) is 32.0. The van der Waals surface area contributed by atoms with Crippen LogP contribution in [0.5, 0.6) is 0 Å². The molecule has 2 atom stereocenters. The van der Waals surface area contributed by atoms with Crippen LogP contribution in [0, 0.1) is 5.92 Å². The van der Waals surface area contributed by atoms with Gasteiger partial charge in [0, 0.05) is 24.3 Å². The molecule has 3 aromatic rings. The first-order valence-corrected chi connectivity index (χ1v) is 8.60. The van der Waals surface area contributed by atoms with E-state index >= 15 is 0 Å². The van der Waals surface area contributed by atoms with Crippen molar-refractivity contribution in [1.29, 1.82) is 0 Å². The van der Waals surface area contributed by atoms with Crippen molar-refractivity contribution in [2.24, 2.45) is 11.7 Å². The Balaban J connectivity index is 1.97. The summed E-state index contributed by atoms with van der Waals surface area (Å²) in [6.45, 7) is 0.805. The number of carbonyl (C=O) groups is 1. The fourth-order valence-corrected chi connectivity index (χ4v) is 3.62. The molecule has 0 spiro atoms. The van der Waals surface area contributed by atoms with Crippen LogP contribution in [0.1, 0.15) is 18.0 Å². The lowest BCUT2D eigenvalue weighted by atomic mass is 9.83. The van der Waals surface area contributed by atoms with Crippen LogP contribution in [0.2, 0.25) is 0 Å². The van der Waals surface area contributed by atoms with E-state index in [1.165, 1.54) is 0 Å². The number of nitrogens with one attached hydrogen (secondary N) is 1. The second-order valence-corrected chi connectivity index (χ2v) is 6.51. The molecule has 2 aromatic heterocycles. The van der Waals surface area contributed by atoms with Gasteiger partial charge < -0.3 is 15.5 Å². The number of H-pyrrole nitrogens is 1. The normalized spacial score (nSPS) is 20.2. The van der Waals surface area contributed by atoms with Crippen LogP contribution >= 0.6 is 0 Å². The molecule has 132 valence electrons. The predicted octanol–water partition coefficient (Wildman–Crippen LogP) is 2.20. The van der Waals surface area contributed by atoms with Crippen molar-refractivity contribution < 1.29 is 9.53 Å². The molecule has 3 N–H and O–H groups in total. The molecule has 0 saturated carbocycles. The number of fused-ring (bicyclic) bond motifs is 1. The Morgan fingerprint density at radius 3 is 2.81 bits per heavy atom. The average Bonchev–Trinajstić information content (AvgIpc) is 2.68. The Hall–Kier alpha value is -2.99. The molecule has 3 heterocycles. The van der Waals surface area contributed by atoms with E-state index < -0.39 is 5.92 Å². The molecule has 1 fully saturated rings. The highest BCUT2D eigenvalue weighted by Crippen LogP contribution is 2.34. The number of benzene rings is 1. The average molecular weight is 349 g/mol. The lowest BCUT2D eigenvalue weighted by Crippen LogP contribution is -2.36. The van der Waals surface area contributed by atoms with Crippen LogP contribution in [0.3, 0.4) is 0 Å². The van der Waals surface area contributed by atoms with Crippen LogP contribution in [0.4, 0.5) is 0 Å². The molecule has 1 aliphatic rings. The molecule has 0 bridgehead atoms. The molecule has 6 heteroatoms. The van der Waals surface area contributed by atoms with Gasteiger partial charge in [-0.25, -0.2) is 0 Å². The maximum absolute atomic E-state index is 12.5. The number of aromatic amines is 1. The lowest BCUT2D eigenvalue weighted by molar-refractivity contribution is -0.125. The summed E-state index contributed by atoms with van der Waals surface area (Å²) < 4.78 is 5.59. The second-order valence-electron chi connectivity index (χ2n) is 6.51. The number of pyridine rings is 2. The standard InChI is InChI=1S/C20H19N3O3/c21-19(24)14-7-9-26-11-15(14)18-17-13(6-8-22-20(17)25)10-16(23-18)12-4-2-1-3-5-12/h1-6,8,10,14-15H,7,9,11H2,(H2,21,24)(H,22,25). The minimum atomic E-state index is -0.398. The Kier molecular flexibility index (Phi) is 4.26. The summed E-state index contributed by atoms with van der Waals surface area (Å²) in [5, 5.41) is 1.28. The van der Waals surface area contributed by atoms with Gasteiger partial charge in [0.1, 0.15) is 0 Å². The monoisotopic (exact) mass is 349 g/mol. The van der Waals surface area contributed by atoms with Crippen LogP contribution in [0.15, 0.2) is 53.5 Å². The summed E-state index contributed by atoms with van der Waals surface area (Å²) in [6.07, 6.45) is 2.15. The van der Waals surface area contributed by atoms with Gasteiger partial charge >= 0.3 is 0 Å².